The summed E-state index contributed by atoms with van der Waals surface area (Å²) >= 11 is 5.75. The molecule has 2 aromatic heterocycles. The van der Waals surface area contributed by atoms with Gasteiger partial charge in [-0.25, -0.2) is 9.37 Å². The minimum absolute atomic E-state index is 0.0311. The molecule has 1 saturated heterocycles. The topological polar surface area (TPSA) is 84.2 Å². The Morgan fingerprint density at radius 1 is 1.36 bits per heavy atom. The zero-order chi connectivity index (χ0) is 19.7. The normalized spacial score (nSPS) is 16.4. The molecular weight excluding hydrogens is 385 g/mol. The largest absolute Gasteiger partial charge is 0.354 e. The van der Waals surface area contributed by atoms with E-state index >= 15 is 0 Å². The lowest BCUT2D eigenvalue weighted by atomic mass is 10.2. The third kappa shape index (κ3) is 3.82. The van der Waals surface area contributed by atoms with Crippen LogP contribution in [0, 0.1) is 12.7 Å². The Kier molecular flexibility index (Phi) is 4.95. The summed E-state index contributed by atoms with van der Waals surface area (Å²) < 4.78 is 18.4. The summed E-state index contributed by atoms with van der Waals surface area (Å²) in [5.41, 5.74) is 1.09. The van der Waals surface area contributed by atoms with Crippen molar-refractivity contribution in [2.75, 3.05) is 18.0 Å². The molecule has 1 N–H and O–H groups in total. The first kappa shape index (κ1) is 18.4. The molecule has 1 aromatic carbocycles. The summed E-state index contributed by atoms with van der Waals surface area (Å²) in [6.45, 7) is 3.15. The molecule has 1 atom stereocenters. The van der Waals surface area contributed by atoms with E-state index in [2.05, 4.69) is 25.3 Å². The summed E-state index contributed by atoms with van der Waals surface area (Å²) in [6.07, 6.45) is 2.47. The van der Waals surface area contributed by atoms with Crippen molar-refractivity contribution in [3.63, 3.8) is 0 Å². The monoisotopic (exact) mass is 401 g/mol. The quantitative estimate of drug-likeness (QED) is 0.722. The summed E-state index contributed by atoms with van der Waals surface area (Å²) in [4.78, 5) is 23.1. The van der Waals surface area contributed by atoms with Crippen molar-refractivity contribution in [3.8, 4) is 11.5 Å². The van der Waals surface area contributed by atoms with E-state index in [0.717, 1.165) is 24.3 Å². The molecule has 3 aromatic rings. The van der Waals surface area contributed by atoms with Gasteiger partial charge in [0.1, 0.15) is 11.6 Å². The van der Waals surface area contributed by atoms with Gasteiger partial charge in [0.25, 0.3) is 11.8 Å². The average molecular weight is 402 g/mol. The van der Waals surface area contributed by atoms with Gasteiger partial charge in [-0.2, -0.15) is 4.98 Å². The van der Waals surface area contributed by atoms with Crippen LogP contribution < -0.4 is 10.2 Å². The van der Waals surface area contributed by atoms with E-state index in [1.165, 1.54) is 18.2 Å². The minimum atomic E-state index is -0.546. The highest BCUT2D eigenvalue weighted by molar-refractivity contribution is 6.31. The maximum atomic E-state index is 13.3. The van der Waals surface area contributed by atoms with Crippen LogP contribution in [0.2, 0.25) is 5.02 Å². The number of rotatable bonds is 4. The van der Waals surface area contributed by atoms with E-state index in [1.807, 2.05) is 12.1 Å². The van der Waals surface area contributed by atoms with Crippen LogP contribution in [0.4, 0.5) is 10.2 Å². The number of pyridine rings is 1. The second-order valence-corrected chi connectivity index (χ2v) is 6.99. The predicted molar refractivity (Wildman–Crippen MR) is 102 cm³/mol. The second kappa shape index (κ2) is 7.55. The van der Waals surface area contributed by atoms with Gasteiger partial charge in [0.05, 0.1) is 10.6 Å². The van der Waals surface area contributed by atoms with Crippen LogP contribution in [0.3, 0.4) is 0 Å². The van der Waals surface area contributed by atoms with Crippen molar-refractivity contribution in [2.24, 2.45) is 0 Å². The Morgan fingerprint density at radius 3 is 2.89 bits per heavy atom. The first-order valence-corrected chi connectivity index (χ1v) is 9.15. The van der Waals surface area contributed by atoms with Crippen molar-refractivity contribution in [1.29, 1.82) is 0 Å². The Balaban J connectivity index is 1.38. The number of amides is 1. The minimum Gasteiger partial charge on any atom is -0.354 e. The number of carbonyl (C=O) groups is 1. The lowest BCUT2D eigenvalue weighted by Crippen LogP contribution is -2.37. The lowest BCUT2D eigenvalue weighted by molar-refractivity contribution is 0.0940. The van der Waals surface area contributed by atoms with Crippen LogP contribution in [-0.4, -0.2) is 40.2 Å². The van der Waals surface area contributed by atoms with E-state index in [0.29, 0.717) is 23.8 Å². The number of hydrogen-bond donors (Lipinski definition) is 1. The number of aryl methyl sites for hydroxylation is 1. The van der Waals surface area contributed by atoms with Crippen molar-refractivity contribution < 1.29 is 13.7 Å². The smallest absolute Gasteiger partial charge is 0.259 e. The zero-order valence-electron chi connectivity index (χ0n) is 15.0. The van der Waals surface area contributed by atoms with Crippen molar-refractivity contribution in [2.45, 2.75) is 19.4 Å². The lowest BCUT2D eigenvalue weighted by Gasteiger charge is -2.18. The molecule has 4 rings (SSSR count). The van der Waals surface area contributed by atoms with E-state index in [1.54, 1.807) is 13.1 Å². The molecule has 28 heavy (non-hydrogen) atoms. The Labute approximate surface area is 165 Å². The van der Waals surface area contributed by atoms with Gasteiger partial charge in [-0.1, -0.05) is 16.8 Å². The fourth-order valence-corrected chi connectivity index (χ4v) is 3.29. The standard InChI is InChI=1S/C19H17ClFN5O2/c1-11-23-19(28-25-11)13-3-5-17(22-9-13)26-7-6-14(10-26)24-18(27)12-2-4-16(21)15(20)8-12/h2-5,8-9,14H,6-7,10H2,1H3,(H,24,27). The first-order valence-electron chi connectivity index (χ1n) is 8.77. The van der Waals surface area contributed by atoms with Crippen LogP contribution in [0.1, 0.15) is 22.6 Å². The Hall–Kier alpha value is -3.00. The molecule has 144 valence electrons. The van der Waals surface area contributed by atoms with Gasteiger partial charge < -0.3 is 14.7 Å². The van der Waals surface area contributed by atoms with Crippen LogP contribution in [0.15, 0.2) is 41.1 Å². The summed E-state index contributed by atoms with van der Waals surface area (Å²) in [5.74, 6) is 0.988. The van der Waals surface area contributed by atoms with E-state index in [9.17, 15) is 9.18 Å². The molecule has 1 aliphatic heterocycles. The summed E-state index contributed by atoms with van der Waals surface area (Å²) in [6, 6.07) is 7.67. The first-order chi connectivity index (χ1) is 13.5. The van der Waals surface area contributed by atoms with Gasteiger partial charge >= 0.3 is 0 Å². The van der Waals surface area contributed by atoms with Crippen molar-refractivity contribution in [1.82, 2.24) is 20.4 Å². The van der Waals surface area contributed by atoms with Crippen LogP contribution in [-0.2, 0) is 0 Å². The fraction of sp³-hybridized carbons (Fsp3) is 0.263. The molecule has 0 bridgehead atoms. The molecule has 1 unspecified atom stereocenters. The zero-order valence-corrected chi connectivity index (χ0v) is 15.8. The molecule has 0 aliphatic carbocycles. The molecular formula is C19H17ClFN5O2. The molecule has 1 aliphatic rings. The SMILES string of the molecule is Cc1noc(-c2ccc(N3CCC(NC(=O)c4ccc(F)c(Cl)c4)C3)nc2)n1. The van der Waals surface area contributed by atoms with Gasteiger partial charge in [-0.15, -0.1) is 0 Å². The Bertz CT molecular complexity index is 1010. The predicted octanol–water partition coefficient (Wildman–Crippen LogP) is 3.24. The van der Waals surface area contributed by atoms with Gasteiger partial charge in [0.2, 0.25) is 0 Å². The molecule has 0 radical (unpaired) electrons. The fourth-order valence-electron chi connectivity index (χ4n) is 3.11. The summed E-state index contributed by atoms with van der Waals surface area (Å²) in [7, 11) is 0. The molecule has 3 heterocycles. The third-order valence-electron chi connectivity index (χ3n) is 4.55. The number of nitrogens with one attached hydrogen (secondary N) is 1. The van der Waals surface area contributed by atoms with Gasteiger partial charge in [-0.3, -0.25) is 4.79 Å². The van der Waals surface area contributed by atoms with Gasteiger partial charge in [-0.05, 0) is 43.7 Å². The Morgan fingerprint density at radius 2 is 2.21 bits per heavy atom. The van der Waals surface area contributed by atoms with E-state index in [4.69, 9.17) is 16.1 Å². The average Bonchev–Trinajstić information content (AvgIpc) is 3.33. The number of benzene rings is 1. The van der Waals surface area contributed by atoms with Crippen LogP contribution in [0.5, 0.6) is 0 Å². The second-order valence-electron chi connectivity index (χ2n) is 6.59. The van der Waals surface area contributed by atoms with Crippen LogP contribution in [0.25, 0.3) is 11.5 Å². The number of anilines is 1. The van der Waals surface area contributed by atoms with Crippen molar-refractivity contribution in [3.05, 3.63) is 58.8 Å². The summed E-state index contributed by atoms with van der Waals surface area (Å²) in [5, 5.41) is 6.66. The highest BCUT2D eigenvalue weighted by atomic mass is 35.5. The molecule has 0 spiro atoms. The van der Waals surface area contributed by atoms with Crippen molar-refractivity contribution >= 4 is 23.3 Å². The van der Waals surface area contributed by atoms with Gasteiger partial charge in [0.15, 0.2) is 5.82 Å². The molecule has 9 heteroatoms. The molecule has 1 fully saturated rings. The number of carbonyl (C=O) groups excluding carboxylic acids is 1. The molecule has 0 saturated carbocycles. The van der Waals surface area contributed by atoms with Gasteiger partial charge in [0, 0.05) is 30.9 Å². The highest BCUT2D eigenvalue weighted by Gasteiger charge is 2.25. The number of nitrogens with zero attached hydrogens (tertiary/aromatic N) is 4. The van der Waals surface area contributed by atoms with E-state index < -0.39 is 5.82 Å². The van der Waals surface area contributed by atoms with E-state index in [-0.39, 0.29) is 17.0 Å². The maximum Gasteiger partial charge on any atom is 0.259 e. The number of hydrogen-bond acceptors (Lipinski definition) is 6. The highest BCUT2D eigenvalue weighted by Crippen LogP contribution is 2.23. The maximum absolute atomic E-state index is 13.3. The third-order valence-corrected chi connectivity index (χ3v) is 4.84. The molecule has 7 nitrogen and oxygen atoms in total. The number of halogens is 2. The molecule has 1 amide bonds. The number of aromatic nitrogens is 3. The van der Waals surface area contributed by atoms with Crippen LogP contribution >= 0.6 is 11.6 Å².